The molecule has 0 N–H and O–H groups in total. The zero-order chi connectivity index (χ0) is 11.4. The van der Waals surface area contributed by atoms with Crippen LogP contribution in [0.15, 0.2) is 0 Å². The standard InChI is InChI=1S/C13H23N3/c1-15-9-4-10-16(12-5-2-3-6-12)13(11-15)7-8-14/h12-13H,2-7,9-11H2,1H3. The number of hydrogen-bond acceptors (Lipinski definition) is 3. The van der Waals surface area contributed by atoms with Gasteiger partial charge in [0.1, 0.15) is 0 Å². The van der Waals surface area contributed by atoms with Crippen molar-refractivity contribution in [1.82, 2.24) is 9.80 Å². The molecule has 0 radical (unpaired) electrons. The van der Waals surface area contributed by atoms with E-state index in [2.05, 4.69) is 22.9 Å². The molecule has 1 atom stereocenters. The third kappa shape index (κ3) is 2.75. The Balaban J connectivity index is 2.02. The molecule has 0 aromatic heterocycles. The summed E-state index contributed by atoms with van der Waals surface area (Å²) in [7, 11) is 2.18. The van der Waals surface area contributed by atoms with E-state index in [-0.39, 0.29) is 0 Å². The van der Waals surface area contributed by atoms with Crippen molar-refractivity contribution in [3.05, 3.63) is 0 Å². The Morgan fingerprint density at radius 3 is 2.62 bits per heavy atom. The third-order valence-corrected chi connectivity index (χ3v) is 4.07. The molecule has 1 saturated carbocycles. The first-order valence-corrected chi connectivity index (χ1v) is 6.62. The van der Waals surface area contributed by atoms with Crippen molar-refractivity contribution in [3.63, 3.8) is 0 Å². The molecule has 0 aromatic carbocycles. The first-order chi connectivity index (χ1) is 7.81. The molecule has 16 heavy (non-hydrogen) atoms. The Labute approximate surface area is 99.0 Å². The Kier molecular flexibility index (Phi) is 4.20. The molecule has 1 unspecified atom stereocenters. The first-order valence-electron chi connectivity index (χ1n) is 6.62. The van der Waals surface area contributed by atoms with Gasteiger partial charge < -0.3 is 4.90 Å². The quantitative estimate of drug-likeness (QED) is 0.713. The second-order valence-electron chi connectivity index (χ2n) is 5.31. The van der Waals surface area contributed by atoms with Gasteiger partial charge in [-0.05, 0) is 32.9 Å². The zero-order valence-electron chi connectivity index (χ0n) is 10.4. The molecule has 1 aliphatic carbocycles. The van der Waals surface area contributed by atoms with E-state index in [1.165, 1.54) is 45.2 Å². The maximum atomic E-state index is 8.96. The predicted octanol–water partition coefficient (Wildman–Crippen LogP) is 1.85. The minimum absolute atomic E-state index is 0.473. The van der Waals surface area contributed by atoms with Crippen molar-refractivity contribution in [1.29, 1.82) is 5.26 Å². The SMILES string of the molecule is CN1CCCN(C2CCCC2)C(CC#N)C1. The van der Waals surface area contributed by atoms with Gasteiger partial charge in [0.15, 0.2) is 0 Å². The average molecular weight is 221 g/mol. The summed E-state index contributed by atoms with van der Waals surface area (Å²) in [6, 6.07) is 3.61. The van der Waals surface area contributed by atoms with Gasteiger partial charge in [-0.3, -0.25) is 4.90 Å². The van der Waals surface area contributed by atoms with Crippen LogP contribution in [0.2, 0.25) is 0 Å². The number of nitriles is 1. The molecule has 1 saturated heterocycles. The first kappa shape index (κ1) is 11.9. The fourth-order valence-electron chi connectivity index (χ4n) is 3.27. The highest BCUT2D eigenvalue weighted by molar-refractivity contribution is 4.91. The molecule has 0 bridgehead atoms. The van der Waals surface area contributed by atoms with Gasteiger partial charge in [0.25, 0.3) is 0 Å². The summed E-state index contributed by atoms with van der Waals surface area (Å²) in [5.74, 6) is 0. The molecular weight excluding hydrogens is 198 g/mol. The van der Waals surface area contributed by atoms with Crippen molar-refractivity contribution in [2.45, 2.75) is 50.6 Å². The van der Waals surface area contributed by atoms with Crippen LogP contribution in [-0.4, -0.2) is 48.6 Å². The van der Waals surface area contributed by atoms with Crippen molar-refractivity contribution in [3.8, 4) is 6.07 Å². The Morgan fingerprint density at radius 2 is 1.94 bits per heavy atom. The molecule has 0 aromatic rings. The molecule has 2 fully saturated rings. The van der Waals surface area contributed by atoms with Crippen LogP contribution in [0.4, 0.5) is 0 Å². The monoisotopic (exact) mass is 221 g/mol. The van der Waals surface area contributed by atoms with Gasteiger partial charge in [-0.1, -0.05) is 12.8 Å². The summed E-state index contributed by atoms with van der Waals surface area (Å²) in [6.45, 7) is 3.45. The number of hydrogen-bond donors (Lipinski definition) is 0. The zero-order valence-corrected chi connectivity index (χ0v) is 10.4. The smallest absolute Gasteiger partial charge is 0.0638 e. The second kappa shape index (κ2) is 5.65. The lowest BCUT2D eigenvalue weighted by Crippen LogP contribution is -2.45. The van der Waals surface area contributed by atoms with Crippen molar-refractivity contribution >= 4 is 0 Å². The van der Waals surface area contributed by atoms with Gasteiger partial charge in [-0.25, -0.2) is 0 Å². The lowest BCUT2D eigenvalue weighted by Gasteiger charge is -2.34. The van der Waals surface area contributed by atoms with Crippen LogP contribution in [0.3, 0.4) is 0 Å². The van der Waals surface area contributed by atoms with Crippen molar-refractivity contribution in [2.75, 3.05) is 26.7 Å². The molecule has 90 valence electrons. The van der Waals surface area contributed by atoms with Gasteiger partial charge in [0, 0.05) is 25.2 Å². The van der Waals surface area contributed by atoms with Crippen LogP contribution in [0.25, 0.3) is 0 Å². The summed E-state index contributed by atoms with van der Waals surface area (Å²) in [5, 5.41) is 8.96. The van der Waals surface area contributed by atoms with E-state index in [9.17, 15) is 0 Å². The summed E-state index contributed by atoms with van der Waals surface area (Å²) >= 11 is 0. The highest BCUT2D eigenvalue weighted by Gasteiger charge is 2.30. The molecular formula is C13H23N3. The van der Waals surface area contributed by atoms with E-state index in [1.54, 1.807) is 0 Å². The van der Waals surface area contributed by atoms with Gasteiger partial charge in [-0.2, -0.15) is 5.26 Å². The van der Waals surface area contributed by atoms with Gasteiger partial charge in [-0.15, -0.1) is 0 Å². The lowest BCUT2D eigenvalue weighted by molar-refractivity contribution is 0.135. The van der Waals surface area contributed by atoms with E-state index in [0.717, 1.165) is 12.6 Å². The topological polar surface area (TPSA) is 30.3 Å². The minimum Gasteiger partial charge on any atom is -0.305 e. The van der Waals surface area contributed by atoms with Crippen molar-refractivity contribution in [2.24, 2.45) is 0 Å². The molecule has 2 rings (SSSR count). The fourth-order valence-corrected chi connectivity index (χ4v) is 3.27. The molecule has 3 nitrogen and oxygen atoms in total. The summed E-state index contributed by atoms with van der Waals surface area (Å²) in [6.07, 6.45) is 7.43. The van der Waals surface area contributed by atoms with E-state index in [0.29, 0.717) is 12.5 Å². The maximum absolute atomic E-state index is 8.96. The highest BCUT2D eigenvalue weighted by atomic mass is 15.2. The van der Waals surface area contributed by atoms with Crippen LogP contribution in [0.1, 0.15) is 38.5 Å². The summed E-state index contributed by atoms with van der Waals surface area (Å²) < 4.78 is 0. The van der Waals surface area contributed by atoms with Crippen LogP contribution in [-0.2, 0) is 0 Å². The molecule has 1 heterocycles. The second-order valence-corrected chi connectivity index (χ2v) is 5.31. The Bertz CT molecular complexity index is 252. The van der Waals surface area contributed by atoms with E-state index in [1.807, 2.05) is 0 Å². The van der Waals surface area contributed by atoms with E-state index >= 15 is 0 Å². The van der Waals surface area contributed by atoms with E-state index < -0.39 is 0 Å². The summed E-state index contributed by atoms with van der Waals surface area (Å²) in [5.41, 5.74) is 0. The molecule has 2 aliphatic rings. The average Bonchev–Trinajstić information content (AvgIpc) is 2.71. The van der Waals surface area contributed by atoms with E-state index in [4.69, 9.17) is 5.26 Å². The number of likely N-dealkylation sites (N-methyl/N-ethyl adjacent to an activating group) is 1. The van der Waals surface area contributed by atoms with Crippen LogP contribution >= 0.6 is 0 Å². The fraction of sp³-hybridized carbons (Fsp3) is 0.923. The van der Waals surface area contributed by atoms with Crippen LogP contribution < -0.4 is 0 Å². The van der Waals surface area contributed by atoms with Crippen LogP contribution in [0.5, 0.6) is 0 Å². The minimum atomic E-state index is 0.473. The maximum Gasteiger partial charge on any atom is 0.0638 e. The molecule has 3 heteroatoms. The van der Waals surface area contributed by atoms with Gasteiger partial charge >= 0.3 is 0 Å². The predicted molar refractivity (Wildman–Crippen MR) is 65.1 cm³/mol. The number of rotatable bonds is 2. The third-order valence-electron chi connectivity index (χ3n) is 4.07. The van der Waals surface area contributed by atoms with Crippen LogP contribution in [0, 0.1) is 11.3 Å². The number of nitrogens with zero attached hydrogens (tertiary/aromatic N) is 3. The Hall–Kier alpha value is -0.590. The largest absolute Gasteiger partial charge is 0.305 e. The normalized spacial score (nSPS) is 30.1. The molecule has 0 amide bonds. The molecule has 0 spiro atoms. The summed E-state index contributed by atoms with van der Waals surface area (Å²) in [4.78, 5) is 5.02. The van der Waals surface area contributed by atoms with Gasteiger partial charge in [0.2, 0.25) is 0 Å². The Morgan fingerprint density at radius 1 is 1.19 bits per heavy atom. The lowest BCUT2D eigenvalue weighted by atomic mass is 10.1. The molecule has 1 aliphatic heterocycles. The van der Waals surface area contributed by atoms with Crippen molar-refractivity contribution < 1.29 is 0 Å². The van der Waals surface area contributed by atoms with Gasteiger partial charge in [0.05, 0.1) is 12.5 Å². The highest BCUT2D eigenvalue weighted by Crippen LogP contribution is 2.27.